The zero-order valence-electron chi connectivity index (χ0n) is 9.70. The summed E-state index contributed by atoms with van der Waals surface area (Å²) in [4.78, 5) is 24.6. The molecule has 0 saturated carbocycles. The fourth-order valence-corrected chi connectivity index (χ4v) is 2.94. The van der Waals surface area contributed by atoms with Gasteiger partial charge in [-0.15, -0.1) is 11.8 Å². The minimum Gasteiger partial charge on any atom is -0.480 e. The van der Waals surface area contributed by atoms with E-state index in [1.165, 1.54) is 16.7 Å². The van der Waals surface area contributed by atoms with Crippen LogP contribution >= 0.6 is 11.8 Å². The second-order valence-electron chi connectivity index (χ2n) is 4.03. The minimum atomic E-state index is -0.952. The van der Waals surface area contributed by atoms with Crippen molar-refractivity contribution in [3.05, 3.63) is 35.4 Å². The maximum atomic E-state index is 12.2. The summed E-state index contributed by atoms with van der Waals surface area (Å²) in [5, 5.41) is 9.04. The van der Waals surface area contributed by atoms with E-state index in [1.807, 2.05) is 0 Å². The predicted octanol–water partition coefficient (Wildman–Crippen LogP) is 0.745. The Morgan fingerprint density at radius 3 is 2.61 bits per heavy atom. The van der Waals surface area contributed by atoms with Gasteiger partial charge in [-0.1, -0.05) is 12.1 Å². The third-order valence-corrected chi connectivity index (χ3v) is 3.88. The molecule has 1 aliphatic heterocycles. The first-order chi connectivity index (χ1) is 8.63. The number of thioether (sulfide) groups is 1. The number of hydrogen-bond acceptors (Lipinski definition) is 4. The van der Waals surface area contributed by atoms with Gasteiger partial charge in [-0.2, -0.15) is 0 Å². The summed E-state index contributed by atoms with van der Waals surface area (Å²) < 4.78 is 0. The van der Waals surface area contributed by atoms with Crippen LogP contribution in [0, 0.1) is 0 Å². The number of carbonyl (C=O) groups is 2. The van der Waals surface area contributed by atoms with Gasteiger partial charge in [0.15, 0.2) is 0 Å². The summed E-state index contributed by atoms with van der Waals surface area (Å²) in [5.41, 5.74) is 6.93. The summed E-state index contributed by atoms with van der Waals surface area (Å²) in [5.74, 6) is -0.320. The molecule has 1 aliphatic rings. The van der Waals surface area contributed by atoms with Crippen LogP contribution in [0.3, 0.4) is 0 Å². The quantitative estimate of drug-likeness (QED) is 0.843. The van der Waals surface area contributed by atoms with Gasteiger partial charge in [0, 0.05) is 17.9 Å². The second-order valence-corrected chi connectivity index (χ2v) is 5.03. The molecule has 1 aromatic carbocycles. The Balaban J connectivity index is 2.17. The lowest BCUT2D eigenvalue weighted by Crippen LogP contribution is -2.41. The third-order valence-electron chi connectivity index (χ3n) is 2.86. The fourth-order valence-electron chi connectivity index (χ4n) is 1.80. The molecule has 96 valence electrons. The average Bonchev–Trinajstić information content (AvgIpc) is 2.87. The number of rotatable bonds is 3. The van der Waals surface area contributed by atoms with Gasteiger partial charge < -0.3 is 15.7 Å². The largest absolute Gasteiger partial charge is 0.480 e. The van der Waals surface area contributed by atoms with E-state index in [2.05, 4.69) is 0 Å². The molecule has 0 radical (unpaired) electrons. The summed E-state index contributed by atoms with van der Waals surface area (Å²) in [6.45, 7) is 0.422. The molecule has 0 unspecified atom stereocenters. The standard InChI is InChI=1S/C12H14N2O3S/c13-5-8-1-3-9(4-2-8)11(15)14-7-18-6-10(14)12(16)17/h1-4,10H,5-7,13H2,(H,16,17)/t10-/m0/s1. The molecule has 6 heteroatoms. The van der Waals surface area contributed by atoms with Crippen molar-refractivity contribution in [2.45, 2.75) is 12.6 Å². The van der Waals surface area contributed by atoms with E-state index >= 15 is 0 Å². The first-order valence-electron chi connectivity index (χ1n) is 5.54. The Bertz CT molecular complexity index is 461. The Labute approximate surface area is 109 Å². The van der Waals surface area contributed by atoms with Crippen LogP contribution in [0.5, 0.6) is 0 Å². The summed E-state index contributed by atoms with van der Waals surface area (Å²) >= 11 is 1.45. The number of carboxylic acids is 1. The number of carbonyl (C=O) groups excluding carboxylic acids is 1. The van der Waals surface area contributed by atoms with Crippen molar-refractivity contribution in [1.29, 1.82) is 0 Å². The van der Waals surface area contributed by atoms with E-state index in [-0.39, 0.29) is 5.91 Å². The Kier molecular flexibility index (Phi) is 3.88. The SMILES string of the molecule is NCc1ccc(C(=O)N2CSC[C@H]2C(=O)O)cc1. The topological polar surface area (TPSA) is 83.6 Å². The molecular formula is C12H14N2O3S. The first kappa shape index (κ1) is 12.9. The molecule has 1 fully saturated rings. The lowest BCUT2D eigenvalue weighted by Gasteiger charge is -2.20. The van der Waals surface area contributed by atoms with Gasteiger partial charge >= 0.3 is 5.97 Å². The summed E-state index contributed by atoms with van der Waals surface area (Å²) in [6, 6.07) is 6.22. The average molecular weight is 266 g/mol. The van der Waals surface area contributed by atoms with Gasteiger partial charge in [0.2, 0.25) is 0 Å². The smallest absolute Gasteiger partial charge is 0.327 e. The molecule has 1 aromatic rings. The molecule has 2 rings (SSSR count). The van der Waals surface area contributed by atoms with Crippen LogP contribution < -0.4 is 5.73 Å². The van der Waals surface area contributed by atoms with Crippen molar-refractivity contribution in [3.63, 3.8) is 0 Å². The highest BCUT2D eigenvalue weighted by atomic mass is 32.2. The predicted molar refractivity (Wildman–Crippen MR) is 69.3 cm³/mol. The minimum absolute atomic E-state index is 0.240. The number of carboxylic acid groups (broad SMARTS) is 1. The van der Waals surface area contributed by atoms with E-state index in [0.29, 0.717) is 23.7 Å². The Morgan fingerprint density at radius 2 is 2.06 bits per heavy atom. The van der Waals surface area contributed by atoms with Crippen LogP contribution in [0.4, 0.5) is 0 Å². The number of aliphatic carboxylic acids is 1. The van der Waals surface area contributed by atoms with Gasteiger partial charge in [-0.3, -0.25) is 4.79 Å². The first-order valence-corrected chi connectivity index (χ1v) is 6.69. The summed E-state index contributed by atoms with van der Waals surface area (Å²) in [7, 11) is 0. The van der Waals surface area contributed by atoms with Crippen molar-refractivity contribution < 1.29 is 14.7 Å². The molecule has 1 heterocycles. The van der Waals surface area contributed by atoms with Crippen molar-refractivity contribution >= 4 is 23.6 Å². The van der Waals surface area contributed by atoms with Gasteiger partial charge in [0.25, 0.3) is 5.91 Å². The molecule has 18 heavy (non-hydrogen) atoms. The summed E-state index contributed by atoms with van der Waals surface area (Å²) in [6.07, 6.45) is 0. The van der Waals surface area contributed by atoms with E-state index in [0.717, 1.165) is 5.56 Å². The Hall–Kier alpha value is -1.53. The molecule has 0 aliphatic carbocycles. The van der Waals surface area contributed by atoms with Crippen molar-refractivity contribution in [2.75, 3.05) is 11.6 Å². The van der Waals surface area contributed by atoms with Crippen LogP contribution in [0.1, 0.15) is 15.9 Å². The van der Waals surface area contributed by atoms with Gasteiger partial charge in [-0.05, 0) is 17.7 Å². The van der Waals surface area contributed by atoms with E-state index in [4.69, 9.17) is 10.8 Å². The molecule has 5 nitrogen and oxygen atoms in total. The number of amides is 1. The zero-order valence-corrected chi connectivity index (χ0v) is 10.5. The maximum Gasteiger partial charge on any atom is 0.327 e. The third kappa shape index (κ3) is 2.49. The van der Waals surface area contributed by atoms with Crippen molar-refractivity contribution in [2.24, 2.45) is 5.73 Å². The van der Waals surface area contributed by atoms with Crippen LogP contribution in [0.25, 0.3) is 0 Å². The van der Waals surface area contributed by atoms with Crippen molar-refractivity contribution in [3.8, 4) is 0 Å². The van der Waals surface area contributed by atoms with Gasteiger partial charge in [0.1, 0.15) is 6.04 Å². The van der Waals surface area contributed by atoms with Crippen LogP contribution in [0.15, 0.2) is 24.3 Å². The maximum absolute atomic E-state index is 12.2. The fraction of sp³-hybridized carbons (Fsp3) is 0.333. The highest BCUT2D eigenvalue weighted by molar-refractivity contribution is 7.99. The number of nitrogens with two attached hydrogens (primary N) is 1. The Morgan fingerprint density at radius 1 is 1.39 bits per heavy atom. The molecule has 1 amide bonds. The molecule has 1 atom stereocenters. The highest BCUT2D eigenvalue weighted by Gasteiger charge is 2.34. The zero-order chi connectivity index (χ0) is 13.1. The molecule has 0 aromatic heterocycles. The number of benzene rings is 1. The van der Waals surface area contributed by atoms with Gasteiger partial charge in [-0.25, -0.2) is 4.79 Å². The van der Waals surface area contributed by atoms with E-state index in [9.17, 15) is 9.59 Å². The molecule has 1 saturated heterocycles. The van der Waals surface area contributed by atoms with Crippen LogP contribution in [-0.4, -0.2) is 39.6 Å². The number of nitrogens with zero attached hydrogens (tertiary/aromatic N) is 1. The number of hydrogen-bond donors (Lipinski definition) is 2. The lowest BCUT2D eigenvalue weighted by atomic mass is 10.1. The van der Waals surface area contributed by atoms with Crippen LogP contribution in [0.2, 0.25) is 0 Å². The molecule has 0 spiro atoms. The molecule has 0 bridgehead atoms. The van der Waals surface area contributed by atoms with Gasteiger partial charge in [0.05, 0.1) is 5.88 Å². The monoisotopic (exact) mass is 266 g/mol. The molecular weight excluding hydrogens is 252 g/mol. The van der Waals surface area contributed by atoms with E-state index < -0.39 is 12.0 Å². The van der Waals surface area contributed by atoms with E-state index in [1.54, 1.807) is 24.3 Å². The normalized spacial score (nSPS) is 18.9. The van der Waals surface area contributed by atoms with Crippen molar-refractivity contribution in [1.82, 2.24) is 4.90 Å². The highest BCUT2D eigenvalue weighted by Crippen LogP contribution is 2.23. The lowest BCUT2D eigenvalue weighted by molar-refractivity contribution is -0.140. The van der Waals surface area contributed by atoms with Crippen LogP contribution in [-0.2, 0) is 11.3 Å². The second kappa shape index (κ2) is 5.41. The molecule has 3 N–H and O–H groups in total.